The van der Waals surface area contributed by atoms with E-state index in [1.807, 2.05) is 0 Å². The van der Waals surface area contributed by atoms with Crippen molar-refractivity contribution in [1.29, 1.82) is 5.41 Å². The molecule has 0 aromatic heterocycles. The maximum absolute atomic E-state index is 12.9. The second-order valence-corrected chi connectivity index (χ2v) is 16.8. The van der Waals surface area contributed by atoms with Crippen molar-refractivity contribution >= 4 is 12.4 Å². The van der Waals surface area contributed by atoms with Crippen molar-refractivity contribution in [3.05, 3.63) is 11.6 Å². The first-order valence-electron chi connectivity index (χ1n) is 19.6. The minimum Gasteiger partial charge on any atom is -0.446 e. The maximum Gasteiger partial charge on any atom is 0.407 e. The summed E-state index contributed by atoms with van der Waals surface area (Å²) in [5.74, 6) is 5.05. The van der Waals surface area contributed by atoms with Gasteiger partial charge in [0.05, 0.1) is 19.7 Å². The van der Waals surface area contributed by atoms with E-state index < -0.39 is 0 Å². The molecule has 1 amide bonds. The van der Waals surface area contributed by atoms with Crippen molar-refractivity contribution in [1.82, 2.24) is 36.8 Å². The van der Waals surface area contributed by atoms with Gasteiger partial charge in [-0.3, -0.25) is 31.6 Å². The van der Waals surface area contributed by atoms with E-state index in [0.29, 0.717) is 18.6 Å². The molecule has 1 heterocycles. The van der Waals surface area contributed by atoms with Gasteiger partial charge in [0.1, 0.15) is 12.4 Å². The Bertz CT molecular complexity index is 1070. The molecule has 1 aliphatic heterocycles. The number of carbonyl (C=O) groups excluding carboxylic acids is 1. The highest BCUT2D eigenvalue weighted by atomic mass is 16.6. The summed E-state index contributed by atoms with van der Waals surface area (Å²) >= 11 is 0. The number of carbonyl (C=O) groups is 1. The molecule has 0 spiro atoms. The van der Waals surface area contributed by atoms with E-state index in [-0.39, 0.29) is 23.9 Å². The van der Waals surface area contributed by atoms with Crippen molar-refractivity contribution in [2.75, 3.05) is 52.6 Å². The predicted molar refractivity (Wildman–Crippen MR) is 195 cm³/mol. The van der Waals surface area contributed by atoms with E-state index in [0.717, 1.165) is 94.2 Å². The number of nitrogens with one attached hydrogen (secondary N) is 7. The molecule has 4 aliphatic carbocycles. The van der Waals surface area contributed by atoms with Crippen molar-refractivity contribution in [2.24, 2.45) is 46.3 Å². The summed E-state index contributed by atoms with van der Waals surface area (Å²) < 4.78 is 6.06. The Morgan fingerprint density at radius 2 is 1.83 bits per heavy atom. The van der Waals surface area contributed by atoms with Gasteiger partial charge >= 0.3 is 6.09 Å². The number of allylic oxidation sites excluding steroid dienone is 1. The highest BCUT2D eigenvalue weighted by Gasteiger charge is 2.59. The Morgan fingerprint density at radius 3 is 2.58 bits per heavy atom. The Hall–Kier alpha value is -1.72. The molecule has 7 N–H and O–H groups in total. The van der Waals surface area contributed by atoms with Crippen LogP contribution in [-0.4, -0.2) is 82.3 Å². The van der Waals surface area contributed by atoms with Crippen LogP contribution in [0.5, 0.6) is 0 Å². The van der Waals surface area contributed by atoms with Gasteiger partial charge in [-0.2, -0.15) is 0 Å². The van der Waals surface area contributed by atoms with E-state index in [4.69, 9.17) is 10.1 Å². The first kappa shape index (κ1) is 37.5. The Labute approximate surface area is 292 Å². The molecule has 10 nitrogen and oxygen atoms in total. The van der Waals surface area contributed by atoms with Gasteiger partial charge in [0.2, 0.25) is 0 Å². The summed E-state index contributed by atoms with van der Waals surface area (Å²) in [6, 6.07) is 0. The van der Waals surface area contributed by atoms with E-state index in [1.54, 1.807) is 5.57 Å². The first-order chi connectivity index (χ1) is 23.1. The number of ether oxygens (including phenoxy) is 1. The van der Waals surface area contributed by atoms with Gasteiger partial charge in [-0.15, -0.1) is 0 Å². The molecule has 274 valence electrons. The minimum absolute atomic E-state index is 0.0226. The van der Waals surface area contributed by atoms with Crippen molar-refractivity contribution in [2.45, 2.75) is 118 Å². The lowest BCUT2D eigenvalue weighted by Crippen LogP contribution is -2.66. The summed E-state index contributed by atoms with van der Waals surface area (Å²) in [6.45, 7) is 18.7. The lowest BCUT2D eigenvalue weighted by Gasteiger charge is -2.58. The molecule has 3 saturated carbocycles. The zero-order valence-corrected chi connectivity index (χ0v) is 31.0. The minimum atomic E-state index is -0.278. The van der Waals surface area contributed by atoms with E-state index in [9.17, 15) is 4.79 Å². The highest BCUT2D eigenvalue weighted by molar-refractivity contribution is 5.67. The standard InChI is InChI=1S/C38H70N8O2/c1-27(2)7-6-8-28(3)32-11-12-33-31-10-9-29-23-30(13-15-37(29,4)34(31)14-16-38(32,33)5)48-36(47)43-19-22-46(20-17-40-25-41-24-39)21-18-42-35-44-26-45-35/h9,24,27-28,30-35,40,42,44-45H,6-8,10-23,25-26H2,1-5H3,(H2,39,41)(H,43,47). The van der Waals surface area contributed by atoms with Gasteiger partial charge in [-0.1, -0.05) is 65.5 Å². The van der Waals surface area contributed by atoms with E-state index in [2.05, 4.69) is 77.5 Å². The van der Waals surface area contributed by atoms with Gasteiger partial charge in [0, 0.05) is 45.7 Å². The molecule has 5 rings (SSSR count). The number of fused-ring (bicyclic) bond motifs is 5. The number of rotatable bonds is 19. The average Bonchev–Trinajstić information content (AvgIpc) is 3.39. The van der Waals surface area contributed by atoms with Gasteiger partial charge < -0.3 is 15.4 Å². The summed E-state index contributed by atoms with van der Waals surface area (Å²) in [4.78, 5) is 15.3. The van der Waals surface area contributed by atoms with Gasteiger partial charge in [0.25, 0.3) is 0 Å². The molecule has 0 bridgehead atoms. The van der Waals surface area contributed by atoms with Gasteiger partial charge in [-0.25, -0.2) is 4.79 Å². The van der Waals surface area contributed by atoms with Gasteiger partial charge in [0.15, 0.2) is 0 Å². The third-order valence-corrected chi connectivity index (χ3v) is 13.6. The fraction of sp³-hybridized carbons (Fsp3) is 0.895. The topological polar surface area (TPSA) is 126 Å². The van der Waals surface area contributed by atoms with Crippen molar-refractivity contribution in [3.63, 3.8) is 0 Å². The molecule has 0 radical (unpaired) electrons. The third-order valence-electron chi connectivity index (χ3n) is 13.6. The lowest BCUT2D eigenvalue weighted by atomic mass is 9.47. The van der Waals surface area contributed by atoms with E-state index in [1.165, 1.54) is 57.7 Å². The quantitative estimate of drug-likeness (QED) is 0.0329. The van der Waals surface area contributed by atoms with Crippen LogP contribution in [0.2, 0.25) is 0 Å². The number of alkyl carbamates (subject to hydrolysis) is 1. The molecule has 8 unspecified atom stereocenters. The molecule has 48 heavy (non-hydrogen) atoms. The normalized spacial score (nSPS) is 33.6. The number of amides is 1. The second kappa shape index (κ2) is 17.5. The van der Waals surface area contributed by atoms with Crippen molar-refractivity contribution in [3.8, 4) is 0 Å². The van der Waals surface area contributed by atoms with Crippen molar-refractivity contribution < 1.29 is 9.53 Å². The smallest absolute Gasteiger partial charge is 0.407 e. The van der Waals surface area contributed by atoms with Crippen LogP contribution in [-0.2, 0) is 4.74 Å². The summed E-state index contributed by atoms with van der Waals surface area (Å²) in [6.07, 6.45) is 17.8. The maximum atomic E-state index is 12.9. The molecular weight excluding hydrogens is 600 g/mol. The molecule has 8 atom stereocenters. The Kier molecular flexibility index (Phi) is 13.7. The SMILES string of the molecule is CC(C)CCCC(C)C1CCC2C3CC=C4CC(OC(=O)NCCN(CCNCNC=N)CCNC5NCN5)CCC4(C)C3CCC12C. The number of hydrogen-bond donors (Lipinski definition) is 7. The van der Waals surface area contributed by atoms with Crippen LogP contribution in [0.1, 0.15) is 105 Å². The van der Waals surface area contributed by atoms with Crippen LogP contribution >= 0.6 is 0 Å². The summed E-state index contributed by atoms with van der Waals surface area (Å²) in [5, 5.41) is 26.3. The highest BCUT2D eigenvalue weighted by Crippen LogP contribution is 2.67. The summed E-state index contributed by atoms with van der Waals surface area (Å²) in [5.41, 5.74) is 2.36. The Morgan fingerprint density at radius 1 is 1.04 bits per heavy atom. The number of hydrogen-bond acceptors (Lipinski definition) is 8. The largest absolute Gasteiger partial charge is 0.446 e. The molecule has 10 heteroatoms. The third kappa shape index (κ3) is 9.14. The molecule has 0 aromatic carbocycles. The van der Waals surface area contributed by atoms with E-state index >= 15 is 0 Å². The molecule has 4 fully saturated rings. The van der Waals surface area contributed by atoms with Crippen LogP contribution in [0, 0.1) is 51.7 Å². The predicted octanol–water partition coefficient (Wildman–Crippen LogP) is 5.19. The second-order valence-electron chi connectivity index (χ2n) is 16.8. The van der Waals surface area contributed by atoms with Crippen LogP contribution in [0.3, 0.4) is 0 Å². The van der Waals surface area contributed by atoms with Gasteiger partial charge in [-0.05, 0) is 91.3 Å². The fourth-order valence-corrected chi connectivity index (χ4v) is 10.8. The number of nitrogens with zero attached hydrogens (tertiary/aromatic N) is 1. The zero-order valence-electron chi connectivity index (χ0n) is 31.0. The zero-order chi connectivity index (χ0) is 34.1. The van der Waals surface area contributed by atoms with Crippen LogP contribution in [0.25, 0.3) is 0 Å². The fourth-order valence-electron chi connectivity index (χ4n) is 10.8. The molecular formula is C38H70N8O2. The average molecular weight is 671 g/mol. The van der Waals surface area contributed by atoms with Crippen LogP contribution in [0.4, 0.5) is 4.79 Å². The Balaban J connectivity index is 1.08. The summed E-state index contributed by atoms with van der Waals surface area (Å²) in [7, 11) is 0. The molecule has 5 aliphatic rings. The van der Waals surface area contributed by atoms with Crippen LogP contribution in [0.15, 0.2) is 11.6 Å². The molecule has 1 saturated heterocycles. The lowest BCUT2D eigenvalue weighted by molar-refractivity contribution is -0.0581. The monoisotopic (exact) mass is 671 g/mol. The first-order valence-corrected chi connectivity index (χ1v) is 19.6. The molecule has 0 aromatic rings. The van der Waals surface area contributed by atoms with Crippen LogP contribution < -0.4 is 31.9 Å².